The Hall–Kier alpha value is -1.81. The van der Waals surface area contributed by atoms with Gasteiger partial charge in [-0.1, -0.05) is 34.1 Å². The second-order valence-electron chi connectivity index (χ2n) is 5.02. The molecule has 0 saturated carbocycles. The first-order valence-electron chi connectivity index (χ1n) is 6.65. The fraction of sp³-hybridized carbons (Fsp3) is 0.235. The molecule has 0 bridgehead atoms. The number of halogens is 1. The highest BCUT2D eigenvalue weighted by Crippen LogP contribution is 2.29. The molecular weight excluding hydrogens is 330 g/mol. The van der Waals surface area contributed by atoms with Crippen molar-refractivity contribution in [1.82, 2.24) is 0 Å². The van der Waals surface area contributed by atoms with Gasteiger partial charge in [0.2, 0.25) is 0 Å². The Bertz CT molecular complexity index is 675. The summed E-state index contributed by atoms with van der Waals surface area (Å²) in [4.78, 5) is 12.6. The first-order chi connectivity index (χ1) is 9.93. The fourth-order valence-electron chi connectivity index (χ4n) is 2.36. The van der Waals surface area contributed by atoms with Crippen LogP contribution in [0.4, 0.5) is 5.69 Å². The molecule has 0 saturated heterocycles. The van der Waals surface area contributed by atoms with Gasteiger partial charge in [0.1, 0.15) is 5.75 Å². The van der Waals surface area contributed by atoms with E-state index in [-0.39, 0.29) is 5.91 Å². The van der Waals surface area contributed by atoms with E-state index in [1.807, 2.05) is 45.0 Å². The summed E-state index contributed by atoms with van der Waals surface area (Å²) < 4.78 is 6.22. The Labute approximate surface area is 133 Å². The minimum atomic E-state index is -0.173. The molecule has 2 aromatic rings. The molecule has 110 valence electrons. The number of rotatable bonds is 3. The third-order valence-corrected chi connectivity index (χ3v) is 3.87. The molecule has 4 heteroatoms. The zero-order valence-corrected chi connectivity index (χ0v) is 14.2. The number of nitrogens with one attached hydrogen (secondary N) is 1. The number of carbonyl (C=O) groups is 1. The van der Waals surface area contributed by atoms with Crippen molar-refractivity contribution < 1.29 is 9.53 Å². The minimum absolute atomic E-state index is 0.173. The van der Waals surface area contributed by atoms with E-state index < -0.39 is 0 Å². The van der Waals surface area contributed by atoms with Gasteiger partial charge >= 0.3 is 0 Å². The van der Waals surface area contributed by atoms with Crippen LogP contribution >= 0.6 is 15.9 Å². The van der Waals surface area contributed by atoms with E-state index in [1.54, 1.807) is 13.2 Å². The molecule has 0 spiro atoms. The van der Waals surface area contributed by atoms with Crippen molar-refractivity contribution in [1.29, 1.82) is 0 Å². The van der Waals surface area contributed by atoms with Crippen LogP contribution in [0.2, 0.25) is 0 Å². The SMILES string of the molecule is COc1c(C)cc(Br)cc1C(=O)Nc1c(C)cccc1C. The Morgan fingerprint density at radius 2 is 1.71 bits per heavy atom. The smallest absolute Gasteiger partial charge is 0.259 e. The van der Waals surface area contributed by atoms with Crippen molar-refractivity contribution in [2.24, 2.45) is 0 Å². The van der Waals surface area contributed by atoms with Crippen molar-refractivity contribution >= 4 is 27.5 Å². The number of ether oxygens (including phenoxy) is 1. The molecule has 0 radical (unpaired) electrons. The maximum atomic E-state index is 12.6. The summed E-state index contributed by atoms with van der Waals surface area (Å²) in [6, 6.07) is 9.63. The zero-order valence-electron chi connectivity index (χ0n) is 12.6. The predicted octanol–water partition coefficient (Wildman–Crippen LogP) is 4.64. The van der Waals surface area contributed by atoms with Crippen molar-refractivity contribution in [3.05, 3.63) is 57.1 Å². The molecule has 0 aliphatic heterocycles. The first kappa shape index (κ1) is 15.6. The van der Waals surface area contributed by atoms with Crippen molar-refractivity contribution in [2.45, 2.75) is 20.8 Å². The monoisotopic (exact) mass is 347 g/mol. The van der Waals surface area contributed by atoms with Gasteiger partial charge in [0.15, 0.2) is 0 Å². The van der Waals surface area contributed by atoms with Gasteiger partial charge in [-0.15, -0.1) is 0 Å². The lowest BCUT2D eigenvalue weighted by Gasteiger charge is -2.15. The summed E-state index contributed by atoms with van der Waals surface area (Å²) >= 11 is 3.42. The molecule has 3 nitrogen and oxygen atoms in total. The maximum Gasteiger partial charge on any atom is 0.259 e. The topological polar surface area (TPSA) is 38.3 Å². The van der Waals surface area contributed by atoms with Gasteiger partial charge in [0, 0.05) is 10.2 Å². The Kier molecular flexibility index (Phi) is 4.68. The van der Waals surface area contributed by atoms with E-state index in [0.29, 0.717) is 11.3 Å². The quantitative estimate of drug-likeness (QED) is 0.878. The van der Waals surface area contributed by atoms with Gasteiger partial charge in [-0.25, -0.2) is 0 Å². The number of aryl methyl sites for hydroxylation is 3. The standard InChI is InChI=1S/C17H18BrNO2/c1-10-6-5-7-11(2)15(10)19-17(20)14-9-13(18)8-12(3)16(14)21-4/h5-9H,1-4H3,(H,19,20). The largest absolute Gasteiger partial charge is 0.496 e. The number of methoxy groups -OCH3 is 1. The minimum Gasteiger partial charge on any atom is -0.496 e. The van der Waals surface area contributed by atoms with Crippen LogP contribution in [0, 0.1) is 20.8 Å². The summed E-state index contributed by atoms with van der Waals surface area (Å²) in [6.07, 6.45) is 0. The molecule has 1 N–H and O–H groups in total. The third kappa shape index (κ3) is 3.27. The first-order valence-corrected chi connectivity index (χ1v) is 7.45. The maximum absolute atomic E-state index is 12.6. The van der Waals surface area contributed by atoms with Gasteiger partial charge in [0.25, 0.3) is 5.91 Å². The van der Waals surface area contributed by atoms with Gasteiger partial charge in [-0.3, -0.25) is 4.79 Å². The molecule has 0 aromatic heterocycles. The summed E-state index contributed by atoms with van der Waals surface area (Å²) in [5.41, 5.74) is 4.36. The van der Waals surface area contributed by atoms with Gasteiger partial charge in [-0.2, -0.15) is 0 Å². The Balaban J connectivity index is 2.42. The zero-order chi connectivity index (χ0) is 15.6. The molecule has 2 rings (SSSR count). The van der Waals surface area contributed by atoms with Gasteiger partial charge in [0.05, 0.1) is 12.7 Å². The molecular formula is C17H18BrNO2. The summed E-state index contributed by atoms with van der Waals surface area (Å²) in [5, 5.41) is 2.98. The van der Waals surface area contributed by atoms with Crippen molar-refractivity contribution in [3.63, 3.8) is 0 Å². The van der Waals surface area contributed by atoms with E-state index in [0.717, 1.165) is 26.9 Å². The highest BCUT2D eigenvalue weighted by Gasteiger charge is 2.17. The van der Waals surface area contributed by atoms with Gasteiger partial charge < -0.3 is 10.1 Å². The lowest BCUT2D eigenvalue weighted by Crippen LogP contribution is -2.15. The molecule has 0 aliphatic carbocycles. The third-order valence-electron chi connectivity index (χ3n) is 3.41. The van der Waals surface area contributed by atoms with Crippen LogP contribution < -0.4 is 10.1 Å². The highest BCUT2D eigenvalue weighted by molar-refractivity contribution is 9.10. The number of hydrogen-bond acceptors (Lipinski definition) is 2. The number of benzene rings is 2. The molecule has 2 aromatic carbocycles. The molecule has 0 heterocycles. The Morgan fingerprint density at radius 1 is 1.10 bits per heavy atom. The van der Waals surface area contributed by atoms with E-state index in [4.69, 9.17) is 4.74 Å². The van der Waals surface area contributed by atoms with Gasteiger partial charge in [-0.05, 0) is 49.6 Å². The number of anilines is 1. The Morgan fingerprint density at radius 3 is 2.29 bits per heavy atom. The second kappa shape index (κ2) is 6.31. The van der Waals surface area contributed by atoms with Crippen LogP contribution in [0.25, 0.3) is 0 Å². The van der Waals surface area contributed by atoms with E-state index in [9.17, 15) is 4.79 Å². The van der Waals surface area contributed by atoms with Crippen LogP contribution in [0.3, 0.4) is 0 Å². The predicted molar refractivity (Wildman–Crippen MR) is 89.3 cm³/mol. The number of carbonyl (C=O) groups excluding carboxylic acids is 1. The average Bonchev–Trinajstić information content (AvgIpc) is 2.42. The van der Waals surface area contributed by atoms with Crippen LogP contribution in [-0.4, -0.2) is 13.0 Å². The fourth-order valence-corrected chi connectivity index (χ4v) is 2.93. The molecule has 0 atom stereocenters. The van der Waals surface area contributed by atoms with Crippen LogP contribution in [-0.2, 0) is 0 Å². The number of para-hydroxylation sites is 1. The van der Waals surface area contributed by atoms with E-state index in [1.165, 1.54) is 0 Å². The molecule has 0 fully saturated rings. The molecule has 21 heavy (non-hydrogen) atoms. The molecule has 0 aliphatic rings. The number of amides is 1. The highest BCUT2D eigenvalue weighted by atomic mass is 79.9. The lowest BCUT2D eigenvalue weighted by atomic mass is 10.1. The van der Waals surface area contributed by atoms with Crippen LogP contribution in [0.5, 0.6) is 5.75 Å². The van der Waals surface area contributed by atoms with Crippen molar-refractivity contribution in [2.75, 3.05) is 12.4 Å². The van der Waals surface area contributed by atoms with Crippen molar-refractivity contribution in [3.8, 4) is 5.75 Å². The average molecular weight is 348 g/mol. The van der Waals surface area contributed by atoms with E-state index >= 15 is 0 Å². The summed E-state index contributed by atoms with van der Waals surface area (Å²) in [5.74, 6) is 0.426. The lowest BCUT2D eigenvalue weighted by molar-refractivity contribution is 0.102. The normalized spacial score (nSPS) is 10.3. The molecule has 0 unspecified atom stereocenters. The molecule has 1 amide bonds. The number of hydrogen-bond donors (Lipinski definition) is 1. The second-order valence-corrected chi connectivity index (χ2v) is 5.94. The van der Waals surface area contributed by atoms with Crippen LogP contribution in [0.15, 0.2) is 34.8 Å². The van der Waals surface area contributed by atoms with E-state index in [2.05, 4.69) is 21.2 Å². The summed E-state index contributed by atoms with van der Waals surface area (Å²) in [7, 11) is 1.58. The van der Waals surface area contributed by atoms with Crippen LogP contribution in [0.1, 0.15) is 27.0 Å². The summed E-state index contributed by atoms with van der Waals surface area (Å²) in [6.45, 7) is 5.87.